The van der Waals surface area contributed by atoms with Crippen LogP contribution in [0, 0.1) is 0 Å². The molecule has 0 N–H and O–H groups in total. The summed E-state index contributed by atoms with van der Waals surface area (Å²) in [5.74, 6) is 3.71. The number of nitrogens with zero attached hydrogens (tertiary/aromatic N) is 3. The van der Waals surface area contributed by atoms with Gasteiger partial charge in [0.2, 0.25) is 5.91 Å². The van der Waals surface area contributed by atoms with Gasteiger partial charge in [0.05, 0.1) is 0 Å². The predicted molar refractivity (Wildman–Crippen MR) is 102 cm³/mol. The van der Waals surface area contributed by atoms with E-state index in [9.17, 15) is 14.0 Å². The molecule has 0 saturated carbocycles. The molecule has 2 unspecified atom stereocenters. The van der Waals surface area contributed by atoms with Crippen molar-refractivity contribution in [2.45, 2.75) is 18.6 Å². The van der Waals surface area contributed by atoms with Crippen LogP contribution in [0.2, 0.25) is 0 Å². The highest BCUT2D eigenvalue weighted by molar-refractivity contribution is 8.18. The van der Waals surface area contributed by atoms with Gasteiger partial charge in [-0.05, 0) is 23.5 Å². The first kappa shape index (κ1) is 19.4. The van der Waals surface area contributed by atoms with Gasteiger partial charge in [0, 0.05) is 51.4 Å². The van der Waals surface area contributed by atoms with Crippen LogP contribution in [0.4, 0.5) is 9.18 Å². The zero-order valence-electron chi connectivity index (χ0n) is 14.7. The molecular formula is C18H26FN3O2S. The molecular weight excluding hydrogens is 341 g/mol. The van der Waals surface area contributed by atoms with E-state index < -0.39 is 5.83 Å². The molecule has 2 atom stereocenters. The molecule has 5 nitrogen and oxygen atoms in total. The lowest BCUT2D eigenvalue weighted by atomic mass is 10.3. The SMILES string of the molecule is C=C(F)/C=C\C(=C)S(=C)C1CCN(C(=O)N2CCN(C(C)=O)CC2)C1. The summed E-state index contributed by atoms with van der Waals surface area (Å²) in [7, 11) is -0.365. The predicted octanol–water partition coefficient (Wildman–Crippen LogP) is 2.60. The molecule has 2 fully saturated rings. The van der Waals surface area contributed by atoms with E-state index in [0.29, 0.717) is 39.3 Å². The highest BCUT2D eigenvalue weighted by Gasteiger charge is 2.32. The number of likely N-dealkylation sites (tertiary alicyclic amines) is 1. The van der Waals surface area contributed by atoms with Crippen LogP contribution in [0.15, 0.2) is 36.0 Å². The number of piperazine rings is 1. The molecule has 2 heterocycles. The van der Waals surface area contributed by atoms with Crippen LogP contribution in [-0.2, 0) is 4.79 Å². The minimum absolute atomic E-state index is 0.0287. The first-order chi connectivity index (χ1) is 11.8. The maximum atomic E-state index is 12.7. The summed E-state index contributed by atoms with van der Waals surface area (Å²) in [5.41, 5.74) is 0. The molecule has 0 bridgehead atoms. The molecule has 0 aromatic carbocycles. The summed E-state index contributed by atoms with van der Waals surface area (Å²) < 4.78 is 12.7. The Morgan fingerprint density at radius 1 is 1.04 bits per heavy atom. The van der Waals surface area contributed by atoms with Crippen molar-refractivity contribution in [2.75, 3.05) is 39.3 Å². The monoisotopic (exact) mass is 367 g/mol. The summed E-state index contributed by atoms with van der Waals surface area (Å²) >= 11 is 0. The first-order valence-corrected chi connectivity index (χ1v) is 9.79. The molecule has 3 amide bonds. The summed E-state index contributed by atoms with van der Waals surface area (Å²) in [6.07, 6.45) is 3.78. The molecule has 138 valence electrons. The van der Waals surface area contributed by atoms with Gasteiger partial charge in [-0.3, -0.25) is 4.79 Å². The van der Waals surface area contributed by atoms with Crippen molar-refractivity contribution < 1.29 is 14.0 Å². The van der Waals surface area contributed by atoms with Gasteiger partial charge in [-0.2, -0.15) is 10.5 Å². The van der Waals surface area contributed by atoms with Crippen molar-refractivity contribution in [3.63, 3.8) is 0 Å². The Bertz CT molecular complexity index is 624. The third-order valence-electron chi connectivity index (χ3n) is 4.60. The van der Waals surface area contributed by atoms with Gasteiger partial charge in [-0.15, -0.1) is 0 Å². The zero-order valence-corrected chi connectivity index (χ0v) is 15.6. The van der Waals surface area contributed by atoms with E-state index in [1.54, 1.807) is 17.9 Å². The number of halogens is 1. The van der Waals surface area contributed by atoms with Gasteiger partial charge in [-0.25, -0.2) is 9.18 Å². The lowest BCUT2D eigenvalue weighted by molar-refractivity contribution is -0.130. The molecule has 25 heavy (non-hydrogen) atoms. The van der Waals surface area contributed by atoms with E-state index in [4.69, 9.17) is 0 Å². The Kier molecular flexibility index (Phi) is 6.58. The molecule has 2 aliphatic rings. The van der Waals surface area contributed by atoms with Crippen LogP contribution in [0.1, 0.15) is 13.3 Å². The van der Waals surface area contributed by atoms with Crippen molar-refractivity contribution >= 4 is 28.3 Å². The molecule has 0 spiro atoms. The van der Waals surface area contributed by atoms with Crippen molar-refractivity contribution in [3.8, 4) is 0 Å². The van der Waals surface area contributed by atoms with Crippen LogP contribution in [-0.4, -0.2) is 77.0 Å². The van der Waals surface area contributed by atoms with E-state index in [2.05, 4.69) is 19.0 Å². The van der Waals surface area contributed by atoms with E-state index in [-0.39, 0.29) is 27.7 Å². The third-order valence-corrected chi connectivity index (χ3v) is 6.60. The zero-order chi connectivity index (χ0) is 18.6. The van der Waals surface area contributed by atoms with E-state index in [0.717, 1.165) is 11.3 Å². The Balaban J connectivity index is 1.87. The van der Waals surface area contributed by atoms with Gasteiger partial charge < -0.3 is 14.7 Å². The smallest absolute Gasteiger partial charge is 0.320 e. The van der Waals surface area contributed by atoms with Crippen LogP contribution >= 0.6 is 10.5 Å². The largest absolute Gasteiger partial charge is 0.339 e. The number of carbonyl (C=O) groups excluding carboxylic acids is 2. The molecule has 2 saturated heterocycles. The maximum Gasteiger partial charge on any atom is 0.320 e. The van der Waals surface area contributed by atoms with Crippen LogP contribution in [0.25, 0.3) is 0 Å². The highest BCUT2D eigenvalue weighted by atomic mass is 32.2. The average molecular weight is 367 g/mol. The van der Waals surface area contributed by atoms with E-state index >= 15 is 0 Å². The number of hydrogen-bond acceptors (Lipinski definition) is 2. The minimum Gasteiger partial charge on any atom is -0.339 e. The number of rotatable bonds is 4. The normalized spacial score (nSPS) is 22.3. The number of carbonyl (C=O) groups is 2. The standard InChI is InChI=1S/C18H26FN3O2S/c1-14(19)5-6-15(2)25(4)17-7-8-22(13-17)18(24)21-11-9-20(10-12-21)16(3)23/h5-6,17H,1-2,4,7-13H2,3H3/b6-5-. The van der Waals surface area contributed by atoms with E-state index in [1.165, 1.54) is 6.08 Å². The molecule has 2 aliphatic heterocycles. The molecule has 0 aromatic rings. The lowest BCUT2D eigenvalue weighted by Crippen LogP contribution is -2.53. The molecule has 0 aromatic heterocycles. The Morgan fingerprint density at radius 3 is 2.20 bits per heavy atom. The highest BCUT2D eigenvalue weighted by Crippen LogP contribution is 2.34. The second-order valence-corrected chi connectivity index (χ2v) is 8.36. The van der Waals surface area contributed by atoms with Gasteiger partial charge in [-0.1, -0.05) is 19.0 Å². The molecule has 0 radical (unpaired) electrons. The quantitative estimate of drug-likeness (QED) is 0.566. The first-order valence-electron chi connectivity index (χ1n) is 8.33. The van der Waals surface area contributed by atoms with Crippen LogP contribution in [0.5, 0.6) is 0 Å². The molecule has 0 aliphatic carbocycles. The summed E-state index contributed by atoms with van der Waals surface area (Å²) in [5, 5.41) is 0.243. The van der Waals surface area contributed by atoms with Gasteiger partial charge in [0.1, 0.15) is 5.83 Å². The Hall–Kier alpha value is -1.89. The van der Waals surface area contributed by atoms with Gasteiger partial charge in [0.15, 0.2) is 0 Å². The summed E-state index contributed by atoms with van der Waals surface area (Å²) in [6.45, 7) is 12.4. The second-order valence-electron chi connectivity index (χ2n) is 6.31. The fourth-order valence-electron chi connectivity index (χ4n) is 3.03. The maximum absolute atomic E-state index is 12.7. The average Bonchev–Trinajstić information content (AvgIpc) is 3.08. The Morgan fingerprint density at radius 2 is 1.64 bits per heavy atom. The second kappa shape index (κ2) is 8.47. The van der Waals surface area contributed by atoms with E-state index in [1.807, 2.05) is 9.80 Å². The van der Waals surface area contributed by atoms with Crippen molar-refractivity contribution in [1.82, 2.24) is 14.7 Å². The summed E-state index contributed by atoms with van der Waals surface area (Å²) in [6, 6.07) is 0.0287. The molecule has 7 heteroatoms. The van der Waals surface area contributed by atoms with Crippen LogP contribution < -0.4 is 0 Å². The Labute approximate surface area is 151 Å². The van der Waals surface area contributed by atoms with Gasteiger partial charge in [0.25, 0.3) is 0 Å². The molecule has 2 rings (SSSR count). The van der Waals surface area contributed by atoms with Crippen LogP contribution in [0.3, 0.4) is 0 Å². The van der Waals surface area contributed by atoms with Crippen molar-refractivity contribution in [3.05, 3.63) is 36.0 Å². The van der Waals surface area contributed by atoms with Crippen molar-refractivity contribution in [2.24, 2.45) is 0 Å². The topological polar surface area (TPSA) is 43.9 Å². The minimum atomic E-state index is -0.508. The fourth-order valence-corrected chi connectivity index (χ4v) is 4.45. The number of allylic oxidation sites excluding steroid dienone is 3. The number of hydrogen-bond donors (Lipinski definition) is 0. The number of amides is 3. The third kappa shape index (κ3) is 5.04. The lowest BCUT2D eigenvalue weighted by Gasteiger charge is -2.36. The van der Waals surface area contributed by atoms with Crippen molar-refractivity contribution in [1.29, 1.82) is 0 Å². The fraction of sp³-hybridized carbons (Fsp3) is 0.500. The summed E-state index contributed by atoms with van der Waals surface area (Å²) in [4.78, 5) is 30.2. The van der Waals surface area contributed by atoms with Gasteiger partial charge >= 0.3 is 6.03 Å². The number of urea groups is 1.